The van der Waals surface area contributed by atoms with Crippen LogP contribution in [0.5, 0.6) is 0 Å². The van der Waals surface area contributed by atoms with Crippen molar-refractivity contribution in [1.29, 1.82) is 0 Å². The lowest BCUT2D eigenvalue weighted by Crippen LogP contribution is -2.49. The molecule has 0 radical (unpaired) electrons. The third-order valence-corrected chi connectivity index (χ3v) is 4.00. The number of likely N-dealkylation sites (N-methyl/N-ethyl adjacent to an activating group) is 1. The summed E-state index contributed by atoms with van der Waals surface area (Å²) in [6.45, 7) is 4.19. The highest BCUT2D eigenvalue weighted by atomic mass is 16.2. The van der Waals surface area contributed by atoms with Gasteiger partial charge in [-0.2, -0.15) is 5.10 Å². The number of piperazine rings is 1. The van der Waals surface area contributed by atoms with Crippen LogP contribution in [0.2, 0.25) is 0 Å². The van der Waals surface area contributed by atoms with E-state index in [4.69, 9.17) is 0 Å². The van der Waals surface area contributed by atoms with E-state index in [1.807, 2.05) is 24.1 Å². The van der Waals surface area contributed by atoms with Crippen LogP contribution in [-0.2, 0) is 6.42 Å². The molecule has 7 heteroatoms. The molecule has 1 aliphatic heterocycles. The topological polar surface area (TPSA) is 80.9 Å². The maximum absolute atomic E-state index is 12.5. The molecular formula is C14H20N6O. The second-order valence-corrected chi connectivity index (χ2v) is 5.35. The van der Waals surface area contributed by atoms with Gasteiger partial charge in [-0.1, -0.05) is 6.92 Å². The summed E-state index contributed by atoms with van der Waals surface area (Å²) >= 11 is 0. The van der Waals surface area contributed by atoms with E-state index in [0.717, 1.165) is 24.5 Å². The van der Waals surface area contributed by atoms with E-state index in [1.165, 1.54) is 0 Å². The Kier molecular flexibility index (Phi) is 3.74. The summed E-state index contributed by atoms with van der Waals surface area (Å²) in [5, 5.41) is 7.01. The van der Waals surface area contributed by atoms with Gasteiger partial charge in [-0.25, -0.2) is 4.98 Å². The smallest absolute Gasteiger partial charge is 0.274 e. The quantitative estimate of drug-likeness (QED) is 0.876. The Morgan fingerprint density at radius 2 is 2.33 bits per heavy atom. The molecule has 2 N–H and O–H groups in total. The average molecular weight is 288 g/mol. The third kappa shape index (κ3) is 2.69. The summed E-state index contributed by atoms with van der Waals surface area (Å²) in [6, 6.07) is 1.94. The van der Waals surface area contributed by atoms with Gasteiger partial charge in [0.15, 0.2) is 0 Å². The van der Waals surface area contributed by atoms with Crippen molar-refractivity contribution >= 4 is 5.91 Å². The number of aromatic amines is 2. The Balaban J connectivity index is 1.75. The van der Waals surface area contributed by atoms with Gasteiger partial charge in [-0.3, -0.25) is 14.8 Å². The number of aromatic nitrogens is 4. The second-order valence-electron chi connectivity index (χ2n) is 5.35. The lowest BCUT2D eigenvalue weighted by molar-refractivity contribution is 0.0529. The van der Waals surface area contributed by atoms with Gasteiger partial charge in [0.25, 0.3) is 5.91 Å². The lowest BCUT2D eigenvalue weighted by atomic mass is 10.1. The number of hydrogen-bond acceptors (Lipinski definition) is 4. The molecule has 0 aromatic carbocycles. The molecule has 1 fully saturated rings. The largest absolute Gasteiger partial charge is 0.347 e. The number of hydrogen-bond donors (Lipinski definition) is 2. The molecule has 0 saturated carbocycles. The van der Waals surface area contributed by atoms with Crippen LogP contribution in [-0.4, -0.2) is 62.6 Å². The molecule has 1 amide bonds. The van der Waals surface area contributed by atoms with Gasteiger partial charge in [0, 0.05) is 37.7 Å². The van der Waals surface area contributed by atoms with Crippen molar-refractivity contribution in [3.63, 3.8) is 0 Å². The van der Waals surface area contributed by atoms with Gasteiger partial charge in [-0.05, 0) is 19.5 Å². The zero-order chi connectivity index (χ0) is 14.8. The normalized spacial score (nSPS) is 19.9. The highest BCUT2D eigenvalue weighted by Crippen LogP contribution is 2.22. The van der Waals surface area contributed by atoms with Gasteiger partial charge >= 0.3 is 0 Å². The molecule has 1 saturated heterocycles. The first kappa shape index (κ1) is 13.8. The second kappa shape index (κ2) is 5.69. The van der Waals surface area contributed by atoms with E-state index in [-0.39, 0.29) is 11.9 Å². The van der Waals surface area contributed by atoms with E-state index >= 15 is 0 Å². The van der Waals surface area contributed by atoms with Crippen LogP contribution in [0.3, 0.4) is 0 Å². The molecule has 21 heavy (non-hydrogen) atoms. The van der Waals surface area contributed by atoms with E-state index in [9.17, 15) is 4.79 Å². The Labute approximate surface area is 123 Å². The van der Waals surface area contributed by atoms with Crippen LogP contribution < -0.4 is 0 Å². The Morgan fingerprint density at radius 3 is 3.00 bits per heavy atom. The average Bonchev–Trinajstić information content (AvgIpc) is 3.18. The molecule has 2 aromatic rings. The zero-order valence-electron chi connectivity index (χ0n) is 12.3. The first-order chi connectivity index (χ1) is 10.2. The monoisotopic (exact) mass is 288 g/mol. The lowest BCUT2D eigenvalue weighted by Gasteiger charge is -2.38. The van der Waals surface area contributed by atoms with E-state index in [1.54, 1.807) is 6.20 Å². The molecule has 0 bridgehead atoms. The zero-order valence-corrected chi connectivity index (χ0v) is 12.3. The van der Waals surface area contributed by atoms with E-state index < -0.39 is 0 Å². The van der Waals surface area contributed by atoms with Crippen molar-refractivity contribution in [2.75, 3.05) is 26.7 Å². The molecule has 3 heterocycles. The number of imidazole rings is 1. The van der Waals surface area contributed by atoms with Crippen molar-refractivity contribution in [2.45, 2.75) is 19.4 Å². The van der Waals surface area contributed by atoms with Crippen LogP contribution >= 0.6 is 0 Å². The number of carbonyl (C=O) groups is 1. The Morgan fingerprint density at radius 1 is 1.48 bits per heavy atom. The number of rotatable bonds is 3. The summed E-state index contributed by atoms with van der Waals surface area (Å²) in [4.78, 5) is 24.1. The fourth-order valence-corrected chi connectivity index (χ4v) is 2.63. The molecular weight excluding hydrogens is 268 g/mol. The van der Waals surface area contributed by atoms with Crippen LogP contribution in [0.4, 0.5) is 0 Å². The standard InChI is InChI=1S/C14H20N6O/c1-3-10-8-11(18-17-10)14(21)20-7-6-19(2)12(9-20)13-15-4-5-16-13/h4-5,8,12H,3,6-7,9H2,1-2H3,(H,15,16)(H,17,18). The van der Waals surface area contributed by atoms with Crippen molar-refractivity contribution in [3.05, 3.63) is 35.7 Å². The van der Waals surface area contributed by atoms with E-state index in [0.29, 0.717) is 18.8 Å². The first-order valence-corrected chi connectivity index (χ1v) is 7.22. The van der Waals surface area contributed by atoms with Crippen molar-refractivity contribution in [2.24, 2.45) is 0 Å². The molecule has 0 spiro atoms. The van der Waals surface area contributed by atoms with Crippen LogP contribution in [0.1, 0.15) is 35.0 Å². The van der Waals surface area contributed by atoms with Gasteiger partial charge in [0.1, 0.15) is 11.5 Å². The fraction of sp³-hybridized carbons (Fsp3) is 0.500. The number of nitrogens with zero attached hydrogens (tertiary/aromatic N) is 4. The minimum absolute atomic E-state index is 0.0180. The highest BCUT2D eigenvalue weighted by Gasteiger charge is 2.31. The maximum Gasteiger partial charge on any atom is 0.274 e. The third-order valence-electron chi connectivity index (χ3n) is 4.00. The number of aryl methyl sites for hydroxylation is 1. The minimum Gasteiger partial charge on any atom is -0.347 e. The number of carbonyl (C=O) groups excluding carboxylic acids is 1. The molecule has 0 aliphatic carbocycles. The summed E-state index contributed by atoms with van der Waals surface area (Å²) < 4.78 is 0. The molecule has 1 aliphatic rings. The van der Waals surface area contributed by atoms with Crippen molar-refractivity contribution in [3.8, 4) is 0 Å². The maximum atomic E-state index is 12.5. The summed E-state index contributed by atoms with van der Waals surface area (Å²) in [7, 11) is 2.05. The first-order valence-electron chi connectivity index (χ1n) is 7.22. The molecule has 112 valence electrons. The minimum atomic E-state index is -0.0180. The van der Waals surface area contributed by atoms with Gasteiger partial charge in [-0.15, -0.1) is 0 Å². The predicted molar refractivity (Wildman–Crippen MR) is 77.8 cm³/mol. The van der Waals surface area contributed by atoms with Crippen molar-refractivity contribution < 1.29 is 4.79 Å². The Bertz CT molecular complexity index is 605. The number of H-pyrrole nitrogens is 2. The summed E-state index contributed by atoms with van der Waals surface area (Å²) in [5.41, 5.74) is 1.48. The summed E-state index contributed by atoms with van der Waals surface area (Å²) in [6.07, 6.45) is 4.40. The molecule has 1 unspecified atom stereocenters. The van der Waals surface area contributed by atoms with Gasteiger partial charge in [0.05, 0.1) is 6.04 Å². The number of nitrogens with one attached hydrogen (secondary N) is 2. The molecule has 1 atom stereocenters. The Hall–Kier alpha value is -2.15. The SMILES string of the molecule is CCc1cc(C(=O)N2CCN(C)C(c3ncc[nH]3)C2)n[nH]1. The summed E-state index contributed by atoms with van der Waals surface area (Å²) in [5.74, 6) is 0.877. The molecule has 2 aromatic heterocycles. The van der Waals surface area contributed by atoms with Gasteiger partial charge in [0.2, 0.25) is 0 Å². The molecule has 3 rings (SSSR count). The van der Waals surface area contributed by atoms with E-state index in [2.05, 4.69) is 32.1 Å². The predicted octanol–water partition coefficient (Wildman–Crippen LogP) is 0.824. The highest BCUT2D eigenvalue weighted by molar-refractivity contribution is 5.92. The number of amides is 1. The molecule has 7 nitrogen and oxygen atoms in total. The van der Waals surface area contributed by atoms with Crippen LogP contribution in [0, 0.1) is 0 Å². The van der Waals surface area contributed by atoms with Crippen LogP contribution in [0.15, 0.2) is 18.5 Å². The van der Waals surface area contributed by atoms with Crippen molar-refractivity contribution in [1.82, 2.24) is 30.0 Å². The van der Waals surface area contributed by atoms with Crippen LogP contribution in [0.25, 0.3) is 0 Å². The van der Waals surface area contributed by atoms with Gasteiger partial charge < -0.3 is 9.88 Å². The fourth-order valence-electron chi connectivity index (χ4n) is 2.63.